The lowest BCUT2D eigenvalue weighted by atomic mass is 10.3. The zero-order chi connectivity index (χ0) is 19.7. The van der Waals surface area contributed by atoms with E-state index in [0.29, 0.717) is 16.9 Å². The Balaban J connectivity index is 1.62. The Morgan fingerprint density at radius 1 is 0.929 bits per heavy atom. The van der Waals surface area contributed by atoms with Gasteiger partial charge in [0.2, 0.25) is 16.0 Å². The van der Waals surface area contributed by atoms with Gasteiger partial charge >= 0.3 is 0 Å². The van der Waals surface area contributed by atoms with E-state index in [1.807, 2.05) is 30.3 Å². The molecule has 0 amide bonds. The van der Waals surface area contributed by atoms with Crippen LogP contribution in [0.1, 0.15) is 0 Å². The summed E-state index contributed by atoms with van der Waals surface area (Å²) in [5.41, 5.74) is 1.16. The molecule has 4 aromatic rings. The number of anilines is 4. The van der Waals surface area contributed by atoms with E-state index in [2.05, 4.69) is 30.8 Å². The summed E-state index contributed by atoms with van der Waals surface area (Å²) >= 11 is 0. The predicted octanol–water partition coefficient (Wildman–Crippen LogP) is 1.78. The van der Waals surface area contributed by atoms with Crippen LogP contribution < -0.4 is 21.3 Å². The van der Waals surface area contributed by atoms with Gasteiger partial charge in [-0.1, -0.05) is 18.2 Å². The molecule has 0 saturated carbocycles. The van der Waals surface area contributed by atoms with Gasteiger partial charge in [-0.3, -0.25) is 14.9 Å². The Bertz CT molecular complexity index is 1300. The minimum Gasteiger partial charge on any atom is -0.340 e. The molecule has 142 valence electrons. The third kappa shape index (κ3) is 3.56. The number of nitrogens with one attached hydrogen (secondary N) is 4. The Labute approximate surface area is 158 Å². The number of H-pyrrole nitrogens is 2. The molecule has 0 atom stereocenters. The standard InChI is InChI=1S/C17H15N7O3S/c18-28(26,27)12-8-6-11(7-9-12)20-17-21-15-13(16(25)22-17)14(23-24-15)19-10-4-2-1-3-5-10/h1-9H,(H2,18,26,27)(H4,19,20,21,22,23,24,25). The summed E-state index contributed by atoms with van der Waals surface area (Å²) in [6.07, 6.45) is 0. The molecule has 0 spiro atoms. The molecule has 2 aromatic carbocycles. The SMILES string of the molecule is NS(=O)(=O)c1ccc(Nc2nc3n[nH]c(Nc4ccccc4)c3c(=O)[nH]2)cc1. The predicted molar refractivity (Wildman–Crippen MR) is 105 cm³/mol. The second-order valence-corrected chi connectivity index (χ2v) is 7.46. The first-order valence-electron chi connectivity index (χ1n) is 8.10. The first kappa shape index (κ1) is 17.7. The highest BCUT2D eigenvalue weighted by molar-refractivity contribution is 7.89. The maximum atomic E-state index is 12.5. The number of primary sulfonamides is 1. The number of hydrogen-bond acceptors (Lipinski definition) is 7. The third-order valence-corrected chi connectivity index (χ3v) is 4.84. The van der Waals surface area contributed by atoms with Crippen molar-refractivity contribution in [3.8, 4) is 0 Å². The Morgan fingerprint density at radius 3 is 2.29 bits per heavy atom. The van der Waals surface area contributed by atoms with E-state index >= 15 is 0 Å². The fourth-order valence-corrected chi connectivity index (χ4v) is 3.13. The van der Waals surface area contributed by atoms with E-state index in [-0.39, 0.29) is 22.1 Å². The minimum absolute atomic E-state index is 0.0149. The summed E-state index contributed by atoms with van der Waals surface area (Å²) in [6.45, 7) is 0. The number of aromatic amines is 2. The van der Waals surface area contributed by atoms with E-state index < -0.39 is 10.0 Å². The number of para-hydroxylation sites is 1. The van der Waals surface area contributed by atoms with Crippen molar-refractivity contribution in [3.05, 3.63) is 65.0 Å². The van der Waals surface area contributed by atoms with E-state index in [0.717, 1.165) is 5.69 Å². The van der Waals surface area contributed by atoms with Crippen LogP contribution in [0, 0.1) is 0 Å². The highest BCUT2D eigenvalue weighted by Crippen LogP contribution is 2.21. The van der Waals surface area contributed by atoms with Crippen molar-refractivity contribution < 1.29 is 8.42 Å². The van der Waals surface area contributed by atoms with Crippen molar-refractivity contribution in [3.63, 3.8) is 0 Å². The van der Waals surface area contributed by atoms with Crippen LogP contribution in [-0.4, -0.2) is 28.6 Å². The molecule has 4 rings (SSSR count). The van der Waals surface area contributed by atoms with Crippen LogP contribution in [0.25, 0.3) is 11.0 Å². The molecule has 2 aromatic heterocycles. The first-order chi connectivity index (χ1) is 13.4. The Hall–Kier alpha value is -3.70. The normalized spacial score (nSPS) is 11.5. The molecule has 0 radical (unpaired) electrons. The van der Waals surface area contributed by atoms with Crippen LogP contribution >= 0.6 is 0 Å². The topological polar surface area (TPSA) is 159 Å². The molecule has 0 aliphatic heterocycles. The number of fused-ring (bicyclic) bond motifs is 1. The van der Waals surface area contributed by atoms with Gasteiger partial charge in [-0.15, -0.1) is 0 Å². The number of sulfonamides is 1. The largest absolute Gasteiger partial charge is 0.340 e. The van der Waals surface area contributed by atoms with Gasteiger partial charge in [0.15, 0.2) is 5.65 Å². The smallest absolute Gasteiger partial charge is 0.265 e. The maximum Gasteiger partial charge on any atom is 0.265 e. The Morgan fingerprint density at radius 2 is 1.61 bits per heavy atom. The van der Waals surface area contributed by atoms with E-state index in [9.17, 15) is 13.2 Å². The molecule has 28 heavy (non-hydrogen) atoms. The molecular weight excluding hydrogens is 382 g/mol. The van der Waals surface area contributed by atoms with Crippen LogP contribution in [0.3, 0.4) is 0 Å². The number of aromatic nitrogens is 4. The van der Waals surface area contributed by atoms with Crippen molar-refractivity contribution >= 4 is 44.2 Å². The van der Waals surface area contributed by atoms with Crippen molar-refractivity contribution in [1.82, 2.24) is 20.2 Å². The van der Waals surface area contributed by atoms with Crippen LogP contribution in [0.2, 0.25) is 0 Å². The summed E-state index contributed by atoms with van der Waals surface area (Å²) in [5.74, 6) is 0.595. The molecule has 10 nitrogen and oxygen atoms in total. The van der Waals surface area contributed by atoms with Crippen LogP contribution in [0.4, 0.5) is 23.1 Å². The average molecular weight is 397 g/mol. The molecule has 0 saturated heterocycles. The highest BCUT2D eigenvalue weighted by Gasteiger charge is 2.13. The lowest BCUT2D eigenvalue weighted by Crippen LogP contribution is -2.13. The minimum atomic E-state index is -3.77. The molecule has 0 unspecified atom stereocenters. The summed E-state index contributed by atoms with van der Waals surface area (Å²) in [7, 11) is -3.77. The molecule has 0 bridgehead atoms. The molecule has 0 aliphatic carbocycles. The summed E-state index contributed by atoms with van der Waals surface area (Å²) < 4.78 is 22.6. The van der Waals surface area contributed by atoms with Crippen LogP contribution in [-0.2, 0) is 10.0 Å². The van der Waals surface area contributed by atoms with Crippen molar-refractivity contribution in [2.45, 2.75) is 4.90 Å². The van der Waals surface area contributed by atoms with E-state index in [1.54, 1.807) is 0 Å². The average Bonchev–Trinajstić information content (AvgIpc) is 3.05. The first-order valence-corrected chi connectivity index (χ1v) is 9.65. The molecular formula is C17H15N7O3S. The summed E-state index contributed by atoms with van der Waals surface area (Å²) in [5, 5.41) is 18.2. The molecule has 6 N–H and O–H groups in total. The van der Waals surface area contributed by atoms with Crippen molar-refractivity contribution in [2.75, 3.05) is 10.6 Å². The monoisotopic (exact) mass is 397 g/mol. The lowest BCUT2D eigenvalue weighted by molar-refractivity contribution is 0.598. The van der Waals surface area contributed by atoms with Gasteiger partial charge in [0.25, 0.3) is 5.56 Å². The van der Waals surface area contributed by atoms with Gasteiger partial charge in [0.1, 0.15) is 11.2 Å². The zero-order valence-electron chi connectivity index (χ0n) is 14.3. The summed E-state index contributed by atoms with van der Waals surface area (Å²) in [6, 6.07) is 15.1. The number of nitrogens with two attached hydrogens (primary N) is 1. The molecule has 11 heteroatoms. The van der Waals surface area contributed by atoms with Gasteiger partial charge in [-0.05, 0) is 36.4 Å². The van der Waals surface area contributed by atoms with Gasteiger partial charge in [0.05, 0.1) is 4.90 Å². The molecule has 0 fully saturated rings. The fraction of sp³-hybridized carbons (Fsp3) is 0. The van der Waals surface area contributed by atoms with Gasteiger partial charge in [-0.2, -0.15) is 10.1 Å². The van der Waals surface area contributed by atoms with Gasteiger partial charge in [-0.25, -0.2) is 13.6 Å². The Kier molecular flexibility index (Phi) is 4.29. The lowest BCUT2D eigenvalue weighted by Gasteiger charge is -2.06. The van der Waals surface area contributed by atoms with Gasteiger partial charge < -0.3 is 10.6 Å². The van der Waals surface area contributed by atoms with Crippen LogP contribution in [0.5, 0.6) is 0 Å². The molecule has 0 aliphatic rings. The maximum absolute atomic E-state index is 12.5. The third-order valence-electron chi connectivity index (χ3n) is 3.91. The van der Waals surface area contributed by atoms with E-state index in [4.69, 9.17) is 5.14 Å². The fourth-order valence-electron chi connectivity index (χ4n) is 2.61. The zero-order valence-corrected chi connectivity index (χ0v) is 15.1. The van der Waals surface area contributed by atoms with E-state index in [1.165, 1.54) is 24.3 Å². The molecule has 2 heterocycles. The number of hydrogen-bond donors (Lipinski definition) is 5. The van der Waals surface area contributed by atoms with Crippen molar-refractivity contribution in [2.24, 2.45) is 5.14 Å². The second kappa shape index (κ2) is 6.79. The van der Waals surface area contributed by atoms with Crippen LogP contribution in [0.15, 0.2) is 64.3 Å². The van der Waals surface area contributed by atoms with Gasteiger partial charge in [0, 0.05) is 11.4 Å². The number of nitrogens with zero attached hydrogens (tertiary/aromatic N) is 2. The number of benzene rings is 2. The van der Waals surface area contributed by atoms with Crippen molar-refractivity contribution in [1.29, 1.82) is 0 Å². The summed E-state index contributed by atoms with van der Waals surface area (Å²) in [4.78, 5) is 19.4. The number of rotatable bonds is 5. The highest BCUT2D eigenvalue weighted by atomic mass is 32.2. The quantitative estimate of drug-likeness (QED) is 0.343. The second-order valence-electron chi connectivity index (χ2n) is 5.90.